The van der Waals surface area contributed by atoms with Gasteiger partial charge in [-0.05, 0) is 12.8 Å². The quantitative estimate of drug-likeness (QED) is 0.171. The fourth-order valence-electron chi connectivity index (χ4n) is 2.95. The molecule has 7 nitrogen and oxygen atoms in total. The molecule has 0 bridgehead atoms. The first kappa shape index (κ1) is 25.8. The number of amides is 1. The molecular weight excluding hydrogens is 348 g/mol. The maximum atomic E-state index is 11.8. The average molecular weight is 389 g/mol. The third-order valence-corrected chi connectivity index (χ3v) is 4.61. The monoisotopic (exact) mass is 388 g/mol. The van der Waals surface area contributed by atoms with Crippen LogP contribution in [-0.4, -0.2) is 52.6 Å². The van der Waals surface area contributed by atoms with Crippen LogP contribution in [0.3, 0.4) is 0 Å². The molecule has 160 valence electrons. The summed E-state index contributed by atoms with van der Waals surface area (Å²) in [5.41, 5.74) is 0. The van der Waals surface area contributed by atoms with Crippen molar-refractivity contribution in [3.05, 3.63) is 0 Å². The first-order valence-electron chi connectivity index (χ1n) is 10.6. The van der Waals surface area contributed by atoms with Gasteiger partial charge in [0.05, 0.1) is 0 Å². The lowest BCUT2D eigenvalue weighted by Crippen LogP contribution is -2.43. The van der Waals surface area contributed by atoms with Gasteiger partial charge in [-0.15, -0.1) is 0 Å². The second-order valence-electron chi connectivity index (χ2n) is 7.20. The average Bonchev–Trinajstić information content (AvgIpc) is 2.62. The number of aliphatic hydroxyl groups excluding tert-OH is 1. The number of carboxylic acids is 1. The van der Waals surface area contributed by atoms with Crippen LogP contribution in [0.2, 0.25) is 0 Å². The Hall–Kier alpha value is -1.18. The highest BCUT2D eigenvalue weighted by Gasteiger charge is 2.17. The number of carbonyl (C=O) groups excluding carboxylic acids is 1. The van der Waals surface area contributed by atoms with E-state index in [1.54, 1.807) is 0 Å². The summed E-state index contributed by atoms with van der Waals surface area (Å²) < 4.78 is 0. The van der Waals surface area contributed by atoms with Gasteiger partial charge in [-0.3, -0.25) is 14.9 Å². The molecule has 1 unspecified atom stereocenters. The lowest BCUT2D eigenvalue weighted by molar-refractivity contribution is -0.140. The number of aliphatic carboxylic acids is 1. The summed E-state index contributed by atoms with van der Waals surface area (Å²) in [6, 6.07) is -0.908. The first-order chi connectivity index (χ1) is 13.0. The highest BCUT2D eigenvalue weighted by Crippen LogP contribution is 2.11. The molecule has 0 aliphatic heterocycles. The molecule has 0 saturated heterocycles. The summed E-state index contributed by atoms with van der Waals surface area (Å²) >= 11 is 0. The number of rotatable bonds is 19. The van der Waals surface area contributed by atoms with E-state index in [-0.39, 0.29) is 25.4 Å². The molecule has 0 aromatic carbocycles. The van der Waals surface area contributed by atoms with Crippen molar-refractivity contribution in [1.29, 1.82) is 0 Å². The third kappa shape index (κ3) is 18.0. The summed E-state index contributed by atoms with van der Waals surface area (Å²) in [4.78, 5) is 22.8. The van der Waals surface area contributed by atoms with E-state index >= 15 is 0 Å². The minimum atomic E-state index is -1.59. The first-order valence-corrected chi connectivity index (χ1v) is 10.6. The molecule has 1 amide bonds. The van der Waals surface area contributed by atoms with E-state index in [2.05, 4.69) is 17.6 Å². The van der Waals surface area contributed by atoms with Crippen molar-refractivity contribution < 1.29 is 24.9 Å². The minimum absolute atomic E-state index is 0.0581. The number of aliphatic hydroxyl groups is 2. The molecule has 7 heteroatoms. The van der Waals surface area contributed by atoms with Crippen molar-refractivity contribution in [2.45, 2.75) is 103 Å². The third-order valence-electron chi connectivity index (χ3n) is 4.61. The summed E-state index contributed by atoms with van der Waals surface area (Å²) in [5, 5.41) is 31.8. The smallest absolute Gasteiger partial charge is 0.320 e. The normalized spacial score (nSPS) is 12.3. The zero-order chi connectivity index (χ0) is 20.3. The van der Waals surface area contributed by atoms with E-state index < -0.39 is 18.3 Å². The maximum Gasteiger partial charge on any atom is 0.320 e. The molecule has 0 fully saturated rings. The molecule has 0 aromatic heterocycles. The van der Waals surface area contributed by atoms with Gasteiger partial charge in [0.15, 0.2) is 6.29 Å². The molecule has 0 aliphatic rings. The molecule has 0 rings (SSSR count). The summed E-state index contributed by atoms with van der Waals surface area (Å²) in [6.45, 7) is 2.27. The Morgan fingerprint density at radius 2 is 1.37 bits per heavy atom. The van der Waals surface area contributed by atoms with Crippen molar-refractivity contribution in [2.24, 2.45) is 0 Å². The van der Waals surface area contributed by atoms with Crippen molar-refractivity contribution in [2.75, 3.05) is 13.1 Å². The molecule has 5 N–H and O–H groups in total. The Kier molecular flexibility index (Phi) is 17.4. The predicted octanol–water partition coefficient (Wildman–Crippen LogP) is 2.55. The Labute approximate surface area is 163 Å². The van der Waals surface area contributed by atoms with Gasteiger partial charge in [0.2, 0.25) is 5.91 Å². The number of carboxylic acid groups (broad SMARTS) is 1. The SMILES string of the molecule is CCCCCCCCCCCCCC(=O)NCCC(NCC(O)O)C(=O)O. The van der Waals surface area contributed by atoms with E-state index in [0.717, 1.165) is 19.3 Å². The van der Waals surface area contributed by atoms with Crippen LogP contribution in [0.25, 0.3) is 0 Å². The van der Waals surface area contributed by atoms with Crippen molar-refractivity contribution in [3.63, 3.8) is 0 Å². The summed E-state index contributed by atoms with van der Waals surface area (Å²) in [6.07, 6.45) is 12.7. The number of unbranched alkanes of at least 4 members (excludes halogenated alkanes) is 10. The predicted molar refractivity (Wildman–Crippen MR) is 106 cm³/mol. The van der Waals surface area contributed by atoms with Crippen LogP contribution in [0.1, 0.15) is 90.4 Å². The largest absolute Gasteiger partial charge is 0.480 e. The molecule has 0 saturated carbocycles. The molecule has 0 spiro atoms. The maximum absolute atomic E-state index is 11.8. The van der Waals surface area contributed by atoms with E-state index in [4.69, 9.17) is 15.3 Å². The molecule has 0 radical (unpaired) electrons. The number of hydrogen-bond donors (Lipinski definition) is 5. The Bertz CT molecular complexity index is 377. The minimum Gasteiger partial charge on any atom is -0.480 e. The molecular formula is C20H40N2O5. The second-order valence-corrected chi connectivity index (χ2v) is 7.20. The molecule has 0 aromatic rings. The van der Waals surface area contributed by atoms with Gasteiger partial charge < -0.3 is 20.6 Å². The van der Waals surface area contributed by atoms with Crippen LogP contribution in [0.4, 0.5) is 0 Å². The lowest BCUT2D eigenvalue weighted by Gasteiger charge is -2.15. The highest BCUT2D eigenvalue weighted by atomic mass is 16.5. The second kappa shape index (κ2) is 18.2. The van der Waals surface area contributed by atoms with Crippen LogP contribution in [0.15, 0.2) is 0 Å². The van der Waals surface area contributed by atoms with Crippen LogP contribution in [0.5, 0.6) is 0 Å². The van der Waals surface area contributed by atoms with Crippen molar-refractivity contribution in [3.8, 4) is 0 Å². The van der Waals surface area contributed by atoms with Crippen molar-refractivity contribution >= 4 is 11.9 Å². The standard InChI is InChI=1S/C20H40N2O5/c1-2-3-4-5-6-7-8-9-10-11-12-13-18(23)21-15-14-17(20(26)27)22-16-19(24)25/h17,19,22,24-25H,2-16H2,1H3,(H,21,23)(H,26,27). The number of hydrogen-bond acceptors (Lipinski definition) is 5. The van der Waals surface area contributed by atoms with Crippen molar-refractivity contribution in [1.82, 2.24) is 10.6 Å². The van der Waals surface area contributed by atoms with Crippen LogP contribution < -0.4 is 10.6 Å². The Morgan fingerprint density at radius 1 is 0.852 bits per heavy atom. The molecule has 27 heavy (non-hydrogen) atoms. The Morgan fingerprint density at radius 3 is 1.85 bits per heavy atom. The zero-order valence-corrected chi connectivity index (χ0v) is 16.9. The lowest BCUT2D eigenvalue weighted by atomic mass is 10.1. The van der Waals surface area contributed by atoms with Gasteiger partial charge in [0, 0.05) is 19.5 Å². The molecule has 0 heterocycles. The van der Waals surface area contributed by atoms with Gasteiger partial charge in [0.1, 0.15) is 6.04 Å². The van der Waals surface area contributed by atoms with E-state index in [1.165, 1.54) is 51.4 Å². The van der Waals surface area contributed by atoms with Gasteiger partial charge in [0.25, 0.3) is 0 Å². The van der Waals surface area contributed by atoms with E-state index in [0.29, 0.717) is 6.42 Å². The van der Waals surface area contributed by atoms with Gasteiger partial charge in [-0.2, -0.15) is 0 Å². The van der Waals surface area contributed by atoms with E-state index in [1.807, 2.05) is 0 Å². The summed E-state index contributed by atoms with van der Waals surface area (Å²) in [5.74, 6) is -1.13. The van der Waals surface area contributed by atoms with Crippen LogP contribution in [-0.2, 0) is 9.59 Å². The molecule has 1 atom stereocenters. The van der Waals surface area contributed by atoms with Gasteiger partial charge in [-0.25, -0.2) is 0 Å². The fourth-order valence-corrected chi connectivity index (χ4v) is 2.95. The van der Waals surface area contributed by atoms with Gasteiger partial charge in [-0.1, -0.05) is 71.1 Å². The molecule has 0 aliphatic carbocycles. The fraction of sp³-hybridized carbons (Fsp3) is 0.900. The van der Waals surface area contributed by atoms with Gasteiger partial charge >= 0.3 is 5.97 Å². The summed E-state index contributed by atoms with van der Waals surface area (Å²) in [7, 11) is 0. The van der Waals surface area contributed by atoms with Crippen LogP contribution >= 0.6 is 0 Å². The topological polar surface area (TPSA) is 119 Å². The van der Waals surface area contributed by atoms with E-state index in [9.17, 15) is 9.59 Å². The number of nitrogens with one attached hydrogen (secondary N) is 2. The van der Waals surface area contributed by atoms with Crippen LogP contribution in [0, 0.1) is 0 Å². The number of carbonyl (C=O) groups is 2. The Balaban J connectivity index is 3.51. The zero-order valence-electron chi connectivity index (χ0n) is 16.9. The highest BCUT2D eigenvalue weighted by molar-refractivity contribution is 5.76.